The number of nitrogens with zero attached hydrogens (tertiary/aromatic N) is 2. The number of hydrogen-bond acceptors (Lipinski definition) is 5. The zero-order valence-corrected chi connectivity index (χ0v) is 15.1. The first-order chi connectivity index (χ1) is 13.0. The molecule has 0 atom stereocenters. The molecule has 2 aliphatic rings. The Balaban J connectivity index is 1.66. The van der Waals surface area contributed by atoms with Crippen LogP contribution < -0.4 is 10.6 Å². The number of aliphatic hydroxyl groups is 1. The minimum atomic E-state index is -0.940. The summed E-state index contributed by atoms with van der Waals surface area (Å²) in [6.07, 6.45) is 1.14. The van der Waals surface area contributed by atoms with Gasteiger partial charge in [-0.25, -0.2) is 9.18 Å². The van der Waals surface area contributed by atoms with Crippen molar-refractivity contribution >= 4 is 17.7 Å². The van der Waals surface area contributed by atoms with Crippen molar-refractivity contribution in [3.05, 3.63) is 41.2 Å². The number of primary amides is 1. The van der Waals surface area contributed by atoms with Gasteiger partial charge >= 0.3 is 6.09 Å². The van der Waals surface area contributed by atoms with Gasteiger partial charge in [-0.2, -0.15) is 0 Å². The van der Waals surface area contributed by atoms with Crippen LogP contribution in [0.15, 0.2) is 30.1 Å². The molecule has 146 valence electrons. The van der Waals surface area contributed by atoms with E-state index in [-0.39, 0.29) is 25.2 Å². The van der Waals surface area contributed by atoms with Gasteiger partial charge in [-0.05, 0) is 43.0 Å². The van der Waals surface area contributed by atoms with Crippen LogP contribution in [-0.4, -0.2) is 60.9 Å². The molecule has 2 heterocycles. The topological polar surface area (TPSA) is 96.1 Å². The smallest absolute Gasteiger partial charge is 0.404 e. The van der Waals surface area contributed by atoms with Gasteiger partial charge in [-0.3, -0.25) is 4.79 Å². The highest BCUT2D eigenvalue weighted by atomic mass is 19.1. The molecule has 8 heteroatoms. The average Bonchev–Trinajstić information content (AvgIpc) is 3.07. The number of hydrogen-bond donors (Lipinski definition) is 2. The minimum Gasteiger partial charge on any atom is -0.445 e. The number of aliphatic hydroxyl groups excluding tert-OH is 1. The fraction of sp³-hybridized carbons (Fsp3) is 0.474. The molecule has 0 aromatic heterocycles. The van der Waals surface area contributed by atoms with Crippen molar-refractivity contribution in [2.45, 2.75) is 25.4 Å². The molecule has 0 spiro atoms. The van der Waals surface area contributed by atoms with E-state index >= 15 is 0 Å². The lowest BCUT2D eigenvalue weighted by atomic mass is 10.0. The predicted molar refractivity (Wildman–Crippen MR) is 98.2 cm³/mol. The fourth-order valence-corrected chi connectivity index (χ4v) is 3.54. The van der Waals surface area contributed by atoms with Gasteiger partial charge in [0, 0.05) is 43.0 Å². The van der Waals surface area contributed by atoms with Gasteiger partial charge in [-0.1, -0.05) is 0 Å². The Labute approximate surface area is 157 Å². The molecule has 0 unspecified atom stereocenters. The molecule has 27 heavy (non-hydrogen) atoms. The highest BCUT2D eigenvalue weighted by molar-refractivity contribution is 5.95. The molecule has 1 fully saturated rings. The predicted octanol–water partition coefficient (Wildman–Crippen LogP) is 1.59. The first-order valence-electron chi connectivity index (χ1n) is 9.03. The van der Waals surface area contributed by atoms with Crippen LogP contribution in [0.3, 0.4) is 0 Å². The second kappa shape index (κ2) is 8.39. The summed E-state index contributed by atoms with van der Waals surface area (Å²) in [5.41, 5.74) is 7.84. The number of piperidine rings is 1. The summed E-state index contributed by atoms with van der Waals surface area (Å²) in [5, 5.41) is 9.59. The maximum Gasteiger partial charge on any atom is 0.404 e. The van der Waals surface area contributed by atoms with Gasteiger partial charge in [0.15, 0.2) is 0 Å². The maximum absolute atomic E-state index is 13.1. The molecule has 3 rings (SSSR count). The van der Waals surface area contributed by atoms with Crippen molar-refractivity contribution in [1.29, 1.82) is 0 Å². The van der Waals surface area contributed by atoms with Crippen molar-refractivity contribution in [3.63, 3.8) is 0 Å². The van der Waals surface area contributed by atoms with Crippen LogP contribution in [-0.2, 0) is 11.2 Å². The number of carbonyl (C=O) groups is 2. The normalized spacial score (nSPS) is 17.8. The Bertz CT molecular complexity index is 744. The molecule has 2 aliphatic heterocycles. The number of halogens is 1. The standard InChI is InChI=1S/C19H24FN3O4/c20-10-13(12-27-19(21)26)11-23-6-3-14-9-15(1-2-17(14)23)18(25)22-7-4-16(24)5-8-22/h1-2,9-10,16,24H,3-8,11-12H2,(H2,21,26)/b13-10+. The summed E-state index contributed by atoms with van der Waals surface area (Å²) in [4.78, 5) is 27.1. The zero-order valence-electron chi connectivity index (χ0n) is 15.1. The third kappa shape index (κ3) is 4.57. The fourth-order valence-electron chi connectivity index (χ4n) is 3.54. The molecule has 7 nitrogen and oxygen atoms in total. The molecule has 1 aromatic carbocycles. The second-order valence-corrected chi connectivity index (χ2v) is 6.91. The Morgan fingerprint density at radius 1 is 1.30 bits per heavy atom. The van der Waals surface area contributed by atoms with Crippen LogP contribution in [0.5, 0.6) is 0 Å². The summed E-state index contributed by atoms with van der Waals surface area (Å²) in [7, 11) is 0. The van der Waals surface area contributed by atoms with E-state index in [1.54, 1.807) is 11.0 Å². The molecule has 2 amide bonds. The first kappa shape index (κ1) is 19.2. The van der Waals surface area contributed by atoms with Gasteiger partial charge in [-0.15, -0.1) is 0 Å². The van der Waals surface area contributed by atoms with Crippen LogP contribution in [0.25, 0.3) is 0 Å². The maximum atomic E-state index is 13.1. The largest absolute Gasteiger partial charge is 0.445 e. The quantitative estimate of drug-likeness (QED) is 0.812. The highest BCUT2D eigenvalue weighted by Gasteiger charge is 2.25. The Morgan fingerprint density at radius 2 is 2.04 bits per heavy atom. The van der Waals surface area contributed by atoms with Crippen LogP contribution in [0.1, 0.15) is 28.8 Å². The lowest BCUT2D eigenvalue weighted by Crippen LogP contribution is -2.40. The molecule has 0 aliphatic carbocycles. The first-order valence-corrected chi connectivity index (χ1v) is 9.03. The number of ether oxygens (including phenoxy) is 1. The minimum absolute atomic E-state index is 0.0256. The second-order valence-electron chi connectivity index (χ2n) is 6.91. The number of nitrogens with two attached hydrogens (primary N) is 1. The summed E-state index contributed by atoms with van der Waals surface area (Å²) < 4.78 is 17.7. The van der Waals surface area contributed by atoms with E-state index in [1.165, 1.54) is 0 Å². The van der Waals surface area contributed by atoms with Crippen molar-refractivity contribution in [2.24, 2.45) is 5.73 Å². The number of rotatable bonds is 5. The van der Waals surface area contributed by atoms with Gasteiger partial charge in [0.25, 0.3) is 5.91 Å². The van der Waals surface area contributed by atoms with E-state index in [1.807, 2.05) is 17.0 Å². The highest BCUT2D eigenvalue weighted by Crippen LogP contribution is 2.30. The average molecular weight is 377 g/mol. The molecule has 1 aromatic rings. The molecule has 0 radical (unpaired) electrons. The number of anilines is 1. The van der Waals surface area contributed by atoms with Crippen molar-refractivity contribution < 1.29 is 23.8 Å². The van der Waals surface area contributed by atoms with Crippen molar-refractivity contribution in [1.82, 2.24) is 4.90 Å². The van der Waals surface area contributed by atoms with Crippen molar-refractivity contribution in [2.75, 3.05) is 37.7 Å². The van der Waals surface area contributed by atoms with Crippen LogP contribution in [0.4, 0.5) is 14.9 Å². The number of fused-ring (bicyclic) bond motifs is 1. The lowest BCUT2D eigenvalue weighted by molar-refractivity contribution is 0.0546. The number of likely N-dealkylation sites (tertiary alicyclic amines) is 1. The van der Waals surface area contributed by atoms with Gasteiger partial charge in [0.1, 0.15) is 6.61 Å². The molecule has 0 saturated carbocycles. The van der Waals surface area contributed by atoms with Gasteiger partial charge in [0.05, 0.1) is 12.4 Å². The summed E-state index contributed by atoms with van der Waals surface area (Å²) in [5.74, 6) is -0.0256. The number of benzene rings is 1. The third-order valence-electron chi connectivity index (χ3n) is 5.02. The van der Waals surface area contributed by atoms with Crippen LogP contribution >= 0.6 is 0 Å². The van der Waals surface area contributed by atoms with Crippen molar-refractivity contribution in [3.8, 4) is 0 Å². The lowest BCUT2D eigenvalue weighted by Gasteiger charge is -2.29. The SMILES string of the molecule is NC(=O)OC/C(=C/F)CN1CCc2cc(C(=O)N3CCC(O)CC3)ccc21. The molecular weight excluding hydrogens is 353 g/mol. The molecule has 1 saturated heterocycles. The third-order valence-corrected chi connectivity index (χ3v) is 5.02. The zero-order chi connectivity index (χ0) is 19.4. The summed E-state index contributed by atoms with van der Waals surface area (Å²) in [6.45, 7) is 1.92. The summed E-state index contributed by atoms with van der Waals surface area (Å²) >= 11 is 0. The van der Waals surface area contributed by atoms with Crippen LogP contribution in [0, 0.1) is 0 Å². The van der Waals surface area contributed by atoms with Gasteiger partial charge < -0.3 is 25.4 Å². The summed E-state index contributed by atoms with van der Waals surface area (Å²) in [6, 6.07) is 5.55. The van der Waals surface area contributed by atoms with E-state index in [0.29, 0.717) is 49.9 Å². The Morgan fingerprint density at radius 3 is 2.70 bits per heavy atom. The monoisotopic (exact) mass is 377 g/mol. The Kier molecular flexibility index (Phi) is 5.95. The molecule has 0 bridgehead atoms. The van der Waals surface area contributed by atoms with E-state index in [9.17, 15) is 19.1 Å². The van der Waals surface area contributed by atoms with Gasteiger partial charge in [0.2, 0.25) is 0 Å². The molecular formula is C19H24FN3O4. The van der Waals surface area contributed by atoms with Crippen LogP contribution in [0.2, 0.25) is 0 Å². The van der Waals surface area contributed by atoms with E-state index in [2.05, 4.69) is 4.74 Å². The van der Waals surface area contributed by atoms with E-state index in [4.69, 9.17) is 5.73 Å². The number of amides is 2. The van der Waals surface area contributed by atoms with E-state index < -0.39 is 6.09 Å². The Hall–Kier alpha value is -2.61. The number of carbonyl (C=O) groups excluding carboxylic acids is 2. The molecule has 3 N–H and O–H groups in total. The van der Waals surface area contributed by atoms with E-state index in [0.717, 1.165) is 17.7 Å².